The van der Waals surface area contributed by atoms with E-state index < -0.39 is 0 Å². The van der Waals surface area contributed by atoms with E-state index in [4.69, 9.17) is 9.47 Å². The van der Waals surface area contributed by atoms with Crippen molar-refractivity contribution in [2.75, 3.05) is 13.9 Å². The lowest BCUT2D eigenvalue weighted by molar-refractivity contribution is 0.0505. The third kappa shape index (κ3) is 4.99. The molecule has 0 aliphatic rings. The van der Waals surface area contributed by atoms with Crippen LogP contribution in [0, 0.1) is 26.6 Å². The fourth-order valence-electron chi connectivity index (χ4n) is 3.66. The van der Waals surface area contributed by atoms with Crippen molar-refractivity contribution in [1.29, 1.82) is 0 Å². The van der Waals surface area contributed by atoms with Crippen LogP contribution in [0.15, 0.2) is 54.6 Å². The van der Waals surface area contributed by atoms with Crippen LogP contribution >= 0.6 is 0 Å². The Kier molecular flexibility index (Phi) is 6.48. The van der Waals surface area contributed by atoms with Gasteiger partial charge in [0.15, 0.2) is 6.79 Å². The molecule has 0 bridgehead atoms. The number of hydrogen-bond donors (Lipinski definition) is 0. The van der Waals surface area contributed by atoms with Crippen LogP contribution < -0.4 is 4.74 Å². The lowest BCUT2D eigenvalue weighted by atomic mass is 9.92. The molecule has 0 amide bonds. The highest BCUT2D eigenvalue weighted by molar-refractivity contribution is 5.45. The molecule has 2 nitrogen and oxygen atoms in total. The summed E-state index contributed by atoms with van der Waals surface area (Å²) < 4.78 is 24.1. The van der Waals surface area contributed by atoms with E-state index in [1.165, 1.54) is 39.9 Å². The van der Waals surface area contributed by atoms with Crippen LogP contribution in [0.4, 0.5) is 4.39 Å². The molecule has 28 heavy (non-hydrogen) atoms. The minimum atomic E-state index is -0.223. The van der Waals surface area contributed by atoms with Gasteiger partial charge in [0.1, 0.15) is 11.6 Å². The summed E-state index contributed by atoms with van der Waals surface area (Å²) in [5.74, 6) is 0.575. The Morgan fingerprint density at radius 2 is 1.43 bits per heavy atom. The molecule has 0 unspecified atom stereocenters. The van der Waals surface area contributed by atoms with Gasteiger partial charge in [-0.25, -0.2) is 4.39 Å². The van der Waals surface area contributed by atoms with E-state index in [0.717, 1.165) is 23.3 Å². The topological polar surface area (TPSA) is 18.5 Å². The molecule has 3 aromatic rings. The Hall–Kier alpha value is -2.65. The van der Waals surface area contributed by atoms with E-state index in [0.29, 0.717) is 6.42 Å². The van der Waals surface area contributed by atoms with Gasteiger partial charge in [0.25, 0.3) is 0 Å². The van der Waals surface area contributed by atoms with E-state index in [1.807, 2.05) is 18.2 Å². The molecule has 0 atom stereocenters. The van der Waals surface area contributed by atoms with Crippen molar-refractivity contribution >= 4 is 0 Å². The zero-order chi connectivity index (χ0) is 20.1. The van der Waals surface area contributed by atoms with Gasteiger partial charge in [-0.3, -0.25) is 0 Å². The number of aryl methyl sites for hydroxylation is 3. The fourth-order valence-corrected chi connectivity index (χ4v) is 3.66. The van der Waals surface area contributed by atoms with E-state index >= 15 is 0 Å². The van der Waals surface area contributed by atoms with Crippen molar-refractivity contribution in [3.8, 4) is 5.75 Å². The standard InChI is InChI=1S/C25H27FO2/c1-17-11-18(2)24(19(3)12-17)15-21-7-10-25(28-16-27-4)22(14-21)13-20-5-8-23(26)9-6-20/h5-12,14H,13,15-16H2,1-4H3. The second kappa shape index (κ2) is 9.03. The zero-order valence-electron chi connectivity index (χ0n) is 17.0. The summed E-state index contributed by atoms with van der Waals surface area (Å²) in [7, 11) is 1.61. The molecule has 0 spiro atoms. The molecular weight excluding hydrogens is 351 g/mol. The van der Waals surface area contributed by atoms with Crippen molar-refractivity contribution in [2.45, 2.75) is 33.6 Å². The Labute approximate surface area is 166 Å². The predicted octanol–water partition coefficient (Wildman–Crippen LogP) is 5.92. The number of rotatable bonds is 7. The van der Waals surface area contributed by atoms with Gasteiger partial charge < -0.3 is 9.47 Å². The van der Waals surface area contributed by atoms with Crippen LogP contribution in [-0.2, 0) is 17.6 Å². The van der Waals surface area contributed by atoms with Gasteiger partial charge in [-0.05, 0) is 78.8 Å². The normalized spacial score (nSPS) is 10.9. The summed E-state index contributed by atoms with van der Waals surface area (Å²) in [6, 6.07) is 17.4. The predicted molar refractivity (Wildman–Crippen MR) is 112 cm³/mol. The zero-order valence-corrected chi connectivity index (χ0v) is 17.0. The van der Waals surface area contributed by atoms with Gasteiger partial charge in [0.2, 0.25) is 0 Å². The molecule has 0 aromatic heterocycles. The fraction of sp³-hybridized carbons (Fsp3) is 0.280. The van der Waals surface area contributed by atoms with Gasteiger partial charge in [0, 0.05) is 13.5 Å². The number of benzene rings is 3. The third-order valence-electron chi connectivity index (χ3n) is 4.99. The molecule has 0 saturated carbocycles. The molecule has 0 heterocycles. The molecule has 3 heteroatoms. The average molecular weight is 378 g/mol. The van der Waals surface area contributed by atoms with E-state index in [9.17, 15) is 4.39 Å². The Morgan fingerprint density at radius 1 is 0.786 bits per heavy atom. The number of methoxy groups -OCH3 is 1. The number of hydrogen-bond acceptors (Lipinski definition) is 2. The Bertz CT molecular complexity index is 922. The lowest BCUT2D eigenvalue weighted by Gasteiger charge is -2.15. The summed E-state index contributed by atoms with van der Waals surface area (Å²) in [6.45, 7) is 6.67. The van der Waals surface area contributed by atoms with Gasteiger partial charge >= 0.3 is 0 Å². The summed E-state index contributed by atoms with van der Waals surface area (Å²) in [6.07, 6.45) is 1.55. The van der Waals surface area contributed by atoms with Crippen LogP contribution in [-0.4, -0.2) is 13.9 Å². The van der Waals surface area contributed by atoms with Crippen LogP contribution in [0.5, 0.6) is 5.75 Å². The second-order valence-corrected chi connectivity index (χ2v) is 7.35. The smallest absolute Gasteiger partial charge is 0.188 e. The molecular formula is C25H27FO2. The lowest BCUT2D eigenvalue weighted by Crippen LogP contribution is -2.04. The summed E-state index contributed by atoms with van der Waals surface area (Å²) in [4.78, 5) is 0. The van der Waals surface area contributed by atoms with Crippen molar-refractivity contribution in [3.05, 3.63) is 99.4 Å². The molecule has 0 saturated heterocycles. The highest BCUT2D eigenvalue weighted by Gasteiger charge is 2.10. The first-order chi connectivity index (χ1) is 13.5. The van der Waals surface area contributed by atoms with E-state index in [2.05, 4.69) is 45.0 Å². The second-order valence-electron chi connectivity index (χ2n) is 7.35. The van der Waals surface area contributed by atoms with E-state index in [-0.39, 0.29) is 12.6 Å². The van der Waals surface area contributed by atoms with Crippen LogP contribution in [0.1, 0.15) is 38.9 Å². The number of ether oxygens (including phenoxy) is 2. The van der Waals surface area contributed by atoms with E-state index in [1.54, 1.807) is 7.11 Å². The minimum Gasteiger partial charge on any atom is -0.467 e. The maximum Gasteiger partial charge on any atom is 0.188 e. The molecule has 0 aliphatic carbocycles. The first-order valence-corrected chi connectivity index (χ1v) is 9.51. The SMILES string of the molecule is COCOc1ccc(Cc2c(C)cc(C)cc2C)cc1Cc1ccc(F)cc1. The van der Waals surface area contributed by atoms with Crippen molar-refractivity contribution < 1.29 is 13.9 Å². The summed E-state index contributed by atoms with van der Waals surface area (Å²) >= 11 is 0. The molecule has 0 radical (unpaired) electrons. The molecule has 0 fully saturated rings. The third-order valence-corrected chi connectivity index (χ3v) is 4.99. The van der Waals surface area contributed by atoms with Crippen LogP contribution in [0.2, 0.25) is 0 Å². The number of halogens is 1. The first-order valence-electron chi connectivity index (χ1n) is 9.51. The van der Waals surface area contributed by atoms with Crippen molar-refractivity contribution in [3.63, 3.8) is 0 Å². The molecule has 146 valence electrons. The minimum absolute atomic E-state index is 0.200. The largest absolute Gasteiger partial charge is 0.467 e. The van der Waals surface area contributed by atoms with Crippen LogP contribution in [0.25, 0.3) is 0 Å². The van der Waals surface area contributed by atoms with Gasteiger partial charge in [-0.2, -0.15) is 0 Å². The molecule has 3 aromatic carbocycles. The van der Waals surface area contributed by atoms with Gasteiger partial charge in [0.05, 0.1) is 0 Å². The molecule has 3 rings (SSSR count). The maximum atomic E-state index is 13.2. The maximum absolute atomic E-state index is 13.2. The quantitative estimate of drug-likeness (QED) is 0.476. The van der Waals surface area contributed by atoms with Crippen LogP contribution in [0.3, 0.4) is 0 Å². The molecule has 0 aliphatic heterocycles. The van der Waals surface area contributed by atoms with Gasteiger partial charge in [-0.15, -0.1) is 0 Å². The van der Waals surface area contributed by atoms with Crippen molar-refractivity contribution in [1.82, 2.24) is 0 Å². The van der Waals surface area contributed by atoms with Gasteiger partial charge in [-0.1, -0.05) is 42.0 Å². The first kappa shape index (κ1) is 20.1. The van der Waals surface area contributed by atoms with Crippen molar-refractivity contribution in [2.24, 2.45) is 0 Å². The highest BCUT2D eigenvalue weighted by Crippen LogP contribution is 2.27. The average Bonchev–Trinajstić information content (AvgIpc) is 2.66. The molecule has 0 N–H and O–H groups in total. The summed E-state index contributed by atoms with van der Waals surface area (Å²) in [5.41, 5.74) is 8.64. The summed E-state index contributed by atoms with van der Waals surface area (Å²) in [5, 5.41) is 0. The highest BCUT2D eigenvalue weighted by atomic mass is 19.1. The Morgan fingerprint density at radius 3 is 2.07 bits per heavy atom. The Balaban J connectivity index is 1.91. The monoisotopic (exact) mass is 378 g/mol.